The maximum atomic E-state index is 11.9. The van der Waals surface area contributed by atoms with Gasteiger partial charge in [0.15, 0.2) is 0 Å². The van der Waals surface area contributed by atoms with Gasteiger partial charge >= 0.3 is 0 Å². The summed E-state index contributed by atoms with van der Waals surface area (Å²) in [4.78, 5) is 23.8. The summed E-state index contributed by atoms with van der Waals surface area (Å²) in [5.41, 5.74) is 7.94. The van der Waals surface area contributed by atoms with Crippen molar-refractivity contribution in [1.29, 1.82) is 0 Å². The summed E-state index contributed by atoms with van der Waals surface area (Å²) in [6, 6.07) is 7.93. The fourth-order valence-corrected chi connectivity index (χ4v) is 2.84. The fourth-order valence-electron chi connectivity index (χ4n) is 2.18. The first-order valence-electron chi connectivity index (χ1n) is 7.12. The molecule has 7 heteroatoms. The van der Waals surface area contributed by atoms with Crippen LogP contribution in [0.3, 0.4) is 0 Å². The molecule has 0 fully saturated rings. The lowest BCUT2D eigenvalue weighted by molar-refractivity contribution is 0.0948. The zero-order valence-electron chi connectivity index (χ0n) is 12.0. The van der Waals surface area contributed by atoms with Crippen LogP contribution in [0.2, 0.25) is 0 Å². The number of para-hydroxylation sites is 2. The van der Waals surface area contributed by atoms with Gasteiger partial charge in [0.25, 0.3) is 5.91 Å². The highest BCUT2D eigenvalue weighted by Crippen LogP contribution is 2.11. The Hall–Kier alpha value is -2.25. The van der Waals surface area contributed by atoms with E-state index < -0.39 is 0 Å². The molecule has 22 heavy (non-hydrogen) atoms. The summed E-state index contributed by atoms with van der Waals surface area (Å²) in [5.74, 6) is 0.787. The second-order valence-corrected chi connectivity index (χ2v) is 5.83. The molecule has 0 aliphatic heterocycles. The minimum Gasteiger partial charge on any atom is -0.351 e. The van der Waals surface area contributed by atoms with Crippen molar-refractivity contribution in [3.8, 4) is 0 Å². The summed E-state index contributed by atoms with van der Waals surface area (Å²) in [7, 11) is 0. The van der Waals surface area contributed by atoms with Crippen molar-refractivity contribution in [1.82, 2.24) is 20.3 Å². The van der Waals surface area contributed by atoms with E-state index in [1.165, 1.54) is 11.3 Å². The Balaban J connectivity index is 1.47. The van der Waals surface area contributed by atoms with Crippen LogP contribution in [0, 0.1) is 0 Å². The number of thiazole rings is 1. The van der Waals surface area contributed by atoms with Gasteiger partial charge in [-0.3, -0.25) is 4.79 Å². The fraction of sp³-hybridized carbons (Fsp3) is 0.267. The minimum atomic E-state index is -0.152. The van der Waals surface area contributed by atoms with Crippen molar-refractivity contribution in [3.63, 3.8) is 0 Å². The number of carbonyl (C=O) groups is 1. The Bertz CT molecular complexity index is 746. The Labute approximate surface area is 131 Å². The van der Waals surface area contributed by atoms with Gasteiger partial charge in [0.1, 0.15) is 16.5 Å². The van der Waals surface area contributed by atoms with Crippen molar-refractivity contribution in [2.75, 3.05) is 6.54 Å². The van der Waals surface area contributed by atoms with Crippen LogP contribution in [-0.4, -0.2) is 27.4 Å². The van der Waals surface area contributed by atoms with Gasteiger partial charge in [-0.1, -0.05) is 12.1 Å². The van der Waals surface area contributed by atoms with Crippen molar-refractivity contribution < 1.29 is 4.79 Å². The number of hydrogen-bond donors (Lipinski definition) is 3. The van der Waals surface area contributed by atoms with E-state index in [1.807, 2.05) is 24.3 Å². The predicted octanol–water partition coefficient (Wildman–Crippen LogP) is 1.84. The van der Waals surface area contributed by atoms with E-state index in [0.717, 1.165) is 34.7 Å². The van der Waals surface area contributed by atoms with Gasteiger partial charge < -0.3 is 16.0 Å². The van der Waals surface area contributed by atoms with Crippen LogP contribution in [-0.2, 0) is 13.0 Å². The number of carbonyl (C=O) groups excluding carboxylic acids is 1. The number of aromatic nitrogens is 3. The van der Waals surface area contributed by atoms with E-state index in [2.05, 4.69) is 20.3 Å². The third kappa shape index (κ3) is 3.32. The Morgan fingerprint density at radius 1 is 1.32 bits per heavy atom. The highest BCUT2D eigenvalue weighted by atomic mass is 32.1. The molecule has 0 aliphatic rings. The lowest BCUT2D eigenvalue weighted by Crippen LogP contribution is -2.25. The molecule has 1 amide bonds. The van der Waals surface area contributed by atoms with Crippen molar-refractivity contribution in [2.24, 2.45) is 5.73 Å². The van der Waals surface area contributed by atoms with Crippen LogP contribution in [0.25, 0.3) is 11.0 Å². The normalized spacial score (nSPS) is 11.0. The van der Waals surface area contributed by atoms with Crippen LogP contribution in [0.1, 0.15) is 27.7 Å². The lowest BCUT2D eigenvalue weighted by Gasteiger charge is -2.01. The lowest BCUT2D eigenvalue weighted by atomic mass is 10.3. The number of nitrogens with one attached hydrogen (secondary N) is 2. The van der Waals surface area contributed by atoms with E-state index >= 15 is 0 Å². The number of hydrogen-bond acceptors (Lipinski definition) is 5. The molecule has 0 radical (unpaired) electrons. The number of H-pyrrole nitrogens is 1. The standard InChI is InChI=1S/C15H17N5OS/c16-8-14-20-12(9-22-14)15(21)17-7-3-6-13-18-10-4-1-2-5-11(10)19-13/h1-2,4-5,9H,3,6-8,16H2,(H,17,21)(H,18,19). The molecule has 0 saturated carbocycles. The molecule has 3 aromatic rings. The largest absolute Gasteiger partial charge is 0.351 e. The number of nitrogens with zero attached hydrogens (tertiary/aromatic N) is 2. The molecule has 0 atom stereocenters. The molecule has 0 bridgehead atoms. The van der Waals surface area contributed by atoms with Crippen LogP contribution in [0.15, 0.2) is 29.6 Å². The van der Waals surface area contributed by atoms with E-state index in [9.17, 15) is 4.79 Å². The third-order valence-electron chi connectivity index (χ3n) is 3.27. The summed E-state index contributed by atoms with van der Waals surface area (Å²) in [6.07, 6.45) is 1.61. The zero-order valence-corrected chi connectivity index (χ0v) is 12.8. The first kappa shape index (κ1) is 14.7. The zero-order chi connectivity index (χ0) is 15.4. The summed E-state index contributed by atoms with van der Waals surface area (Å²) in [5, 5.41) is 5.37. The molecule has 1 aromatic carbocycles. The van der Waals surface area contributed by atoms with Crippen molar-refractivity contribution >= 4 is 28.3 Å². The van der Waals surface area contributed by atoms with Gasteiger partial charge in [-0.05, 0) is 18.6 Å². The van der Waals surface area contributed by atoms with Gasteiger partial charge in [-0.2, -0.15) is 0 Å². The number of aryl methyl sites for hydroxylation is 1. The maximum absolute atomic E-state index is 11.9. The summed E-state index contributed by atoms with van der Waals surface area (Å²) < 4.78 is 0. The molecule has 2 aromatic heterocycles. The average Bonchev–Trinajstić information content (AvgIpc) is 3.17. The molecule has 6 nitrogen and oxygen atoms in total. The van der Waals surface area contributed by atoms with Crippen LogP contribution in [0.5, 0.6) is 0 Å². The second kappa shape index (κ2) is 6.67. The van der Waals surface area contributed by atoms with Gasteiger partial charge in [0.2, 0.25) is 0 Å². The number of fused-ring (bicyclic) bond motifs is 1. The molecular weight excluding hydrogens is 298 g/mol. The van der Waals surface area contributed by atoms with Gasteiger partial charge in [0, 0.05) is 24.9 Å². The number of amides is 1. The second-order valence-electron chi connectivity index (χ2n) is 4.89. The minimum absolute atomic E-state index is 0.152. The monoisotopic (exact) mass is 315 g/mol. The number of imidazole rings is 1. The molecular formula is C15H17N5OS. The molecule has 0 saturated heterocycles. The number of benzene rings is 1. The van der Waals surface area contributed by atoms with Gasteiger partial charge in [-0.25, -0.2) is 9.97 Å². The number of aromatic amines is 1. The highest BCUT2D eigenvalue weighted by Gasteiger charge is 2.09. The first-order chi connectivity index (χ1) is 10.8. The first-order valence-corrected chi connectivity index (χ1v) is 8.00. The highest BCUT2D eigenvalue weighted by molar-refractivity contribution is 7.09. The average molecular weight is 315 g/mol. The maximum Gasteiger partial charge on any atom is 0.270 e. The number of rotatable bonds is 6. The number of nitrogens with two attached hydrogens (primary N) is 1. The van der Waals surface area contributed by atoms with E-state index in [0.29, 0.717) is 18.8 Å². The molecule has 0 aliphatic carbocycles. The molecule has 2 heterocycles. The van der Waals surface area contributed by atoms with Crippen molar-refractivity contribution in [2.45, 2.75) is 19.4 Å². The Morgan fingerprint density at radius 2 is 2.18 bits per heavy atom. The Kier molecular flexibility index (Phi) is 4.45. The van der Waals surface area contributed by atoms with Gasteiger partial charge in [0.05, 0.1) is 11.0 Å². The van der Waals surface area contributed by atoms with Gasteiger partial charge in [-0.15, -0.1) is 11.3 Å². The molecule has 0 spiro atoms. The molecule has 3 rings (SSSR count). The molecule has 114 valence electrons. The molecule has 0 unspecified atom stereocenters. The van der Waals surface area contributed by atoms with E-state index in [4.69, 9.17) is 5.73 Å². The summed E-state index contributed by atoms with van der Waals surface area (Å²) >= 11 is 1.40. The van der Waals surface area contributed by atoms with E-state index in [1.54, 1.807) is 5.38 Å². The van der Waals surface area contributed by atoms with Crippen LogP contribution >= 0.6 is 11.3 Å². The predicted molar refractivity (Wildman–Crippen MR) is 86.8 cm³/mol. The van der Waals surface area contributed by atoms with Crippen LogP contribution < -0.4 is 11.1 Å². The smallest absolute Gasteiger partial charge is 0.270 e. The topological polar surface area (TPSA) is 96.7 Å². The summed E-state index contributed by atoms with van der Waals surface area (Å²) in [6.45, 7) is 0.954. The Morgan fingerprint density at radius 3 is 2.95 bits per heavy atom. The van der Waals surface area contributed by atoms with Crippen molar-refractivity contribution in [3.05, 3.63) is 46.2 Å². The van der Waals surface area contributed by atoms with E-state index in [-0.39, 0.29) is 5.91 Å². The van der Waals surface area contributed by atoms with Crippen LogP contribution in [0.4, 0.5) is 0 Å². The third-order valence-corrected chi connectivity index (χ3v) is 4.14. The quantitative estimate of drug-likeness (QED) is 0.605. The molecule has 4 N–H and O–H groups in total. The SMILES string of the molecule is NCc1nc(C(=O)NCCCc2nc3ccccc3[nH]2)cs1.